The molecule has 0 radical (unpaired) electrons. The van der Waals surface area contributed by atoms with Gasteiger partial charge in [-0.15, -0.1) is 0 Å². The van der Waals surface area contributed by atoms with Crippen LogP contribution in [0, 0.1) is 17.8 Å². The van der Waals surface area contributed by atoms with E-state index >= 15 is 0 Å². The second-order valence-electron chi connectivity index (χ2n) is 5.25. The van der Waals surface area contributed by atoms with Crippen LogP contribution in [0.4, 0.5) is 0 Å². The fourth-order valence-electron chi connectivity index (χ4n) is 2.69. The third kappa shape index (κ3) is 1.96. The summed E-state index contributed by atoms with van der Waals surface area (Å²) in [7, 11) is 0. The molecule has 2 rings (SSSR count). The Hall–Kier alpha value is -0.610. The number of hydrogen-bond acceptors (Lipinski definition) is 3. The van der Waals surface area contributed by atoms with Crippen molar-refractivity contribution in [3.8, 4) is 0 Å². The second kappa shape index (κ2) is 4.72. The Morgan fingerprint density at radius 3 is 2.75 bits per heavy atom. The van der Waals surface area contributed by atoms with Gasteiger partial charge in [-0.1, -0.05) is 13.8 Å². The Morgan fingerprint density at radius 1 is 1.56 bits per heavy atom. The normalized spacial score (nSPS) is 32.6. The first kappa shape index (κ1) is 11.9. The van der Waals surface area contributed by atoms with E-state index in [0.717, 1.165) is 26.1 Å². The molecule has 3 unspecified atom stereocenters. The number of aliphatic hydroxyl groups excluding tert-OH is 1. The number of hydrogen-bond donors (Lipinski definition) is 2. The van der Waals surface area contributed by atoms with Crippen LogP contribution in [0.5, 0.6) is 0 Å². The van der Waals surface area contributed by atoms with Crippen molar-refractivity contribution in [2.24, 2.45) is 17.8 Å². The molecule has 2 fully saturated rings. The standard InChI is InChI=1S/C12H22N2O2/c1-8-3-4-14(11(8)7-15)12(16)9(2)10-5-13-6-10/h8-11,13,15H,3-7H2,1-2H3. The summed E-state index contributed by atoms with van der Waals surface area (Å²) in [5.41, 5.74) is 0. The number of rotatable bonds is 3. The van der Waals surface area contributed by atoms with Gasteiger partial charge in [0.2, 0.25) is 5.91 Å². The molecule has 2 aliphatic heterocycles. The van der Waals surface area contributed by atoms with Gasteiger partial charge in [-0.05, 0) is 31.3 Å². The Kier molecular flexibility index (Phi) is 3.50. The Labute approximate surface area is 97.0 Å². The van der Waals surface area contributed by atoms with Gasteiger partial charge in [0.05, 0.1) is 12.6 Å². The van der Waals surface area contributed by atoms with Gasteiger partial charge in [-0.25, -0.2) is 0 Å². The van der Waals surface area contributed by atoms with Crippen LogP contribution in [0.15, 0.2) is 0 Å². The fraction of sp³-hybridized carbons (Fsp3) is 0.917. The van der Waals surface area contributed by atoms with Crippen LogP contribution in [0.1, 0.15) is 20.3 Å². The summed E-state index contributed by atoms with van der Waals surface area (Å²) in [6, 6.07) is 0.0444. The van der Waals surface area contributed by atoms with E-state index in [1.165, 1.54) is 0 Å². The number of amides is 1. The van der Waals surface area contributed by atoms with E-state index in [2.05, 4.69) is 12.2 Å². The highest BCUT2D eigenvalue weighted by molar-refractivity contribution is 5.79. The monoisotopic (exact) mass is 226 g/mol. The van der Waals surface area contributed by atoms with Gasteiger partial charge in [-0.2, -0.15) is 0 Å². The lowest BCUT2D eigenvalue weighted by molar-refractivity contribution is -0.139. The first-order chi connectivity index (χ1) is 7.65. The third-order valence-electron chi connectivity index (χ3n) is 4.26. The van der Waals surface area contributed by atoms with Gasteiger partial charge in [0.1, 0.15) is 0 Å². The fourth-order valence-corrected chi connectivity index (χ4v) is 2.69. The largest absolute Gasteiger partial charge is 0.394 e. The molecule has 0 saturated carbocycles. The van der Waals surface area contributed by atoms with Crippen molar-refractivity contribution in [1.29, 1.82) is 0 Å². The molecule has 2 saturated heterocycles. The second-order valence-corrected chi connectivity index (χ2v) is 5.25. The average Bonchev–Trinajstić information content (AvgIpc) is 2.55. The molecule has 2 aliphatic rings. The van der Waals surface area contributed by atoms with Crippen LogP contribution < -0.4 is 5.32 Å². The van der Waals surface area contributed by atoms with Crippen molar-refractivity contribution in [3.63, 3.8) is 0 Å². The molecular weight excluding hydrogens is 204 g/mol. The first-order valence-corrected chi connectivity index (χ1v) is 6.27. The topological polar surface area (TPSA) is 52.6 Å². The lowest BCUT2D eigenvalue weighted by atomic mass is 9.87. The summed E-state index contributed by atoms with van der Waals surface area (Å²) in [5.74, 6) is 1.25. The summed E-state index contributed by atoms with van der Waals surface area (Å²) in [4.78, 5) is 14.2. The molecule has 0 aromatic heterocycles. The summed E-state index contributed by atoms with van der Waals surface area (Å²) < 4.78 is 0. The van der Waals surface area contributed by atoms with Crippen molar-refractivity contribution >= 4 is 5.91 Å². The van der Waals surface area contributed by atoms with E-state index in [4.69, 9.17) is 0 Å². The van der Waals surface area contributed by atoms with Gasteiger partial charge in [-0.3, -0.25) is 4.79 Å². The molecular formula is C12H22N2O2. The molecule has 16 heavy (non-hydrogen) atoms. The quantitative estimate of drug-likeness (QED) is 0.716. The summed E-state index contributed by atoms with van der Waals surface area (Å²) in [6.45, 7) is 6.97. The lowest BCUT2D eigenvalue weighted by Gasteiger charge is -2.35. The molecule has 3 atom stereocenters. The van der Waals surface area contributed by atoms with Crippen LogP contribution in [0.3, 0.4) is 0 Å². The van der Waals surface area contributed by atoms with Crippen LogP contribution in [-0.2, 0) is 4.79 Å². The van der Waals surface area contributed by atoms with Gasteiger partial charge < -0.3 is 15.3 Å². The molecule has 4 nitrogen and oxygen atoms in total. The van der Waals surface area contributed by atoms with Crippen molar-refractivity contribution in [2.75, 3.05) is 26.2 Å². The lowest BCUT2D eigenvalue weighted by Crippen LogP contribution is -2.52. The zero-order valence-corrected chi connectivity index (χ0v) is 10.1. The molecule has 2 N–H and O–H groups in total. The molecule has 1 amide bonds. The molecule has 0 spiro atoms. The zero-order chi connectivity index (χ0) is 11.7. The number of carbonyl (C=O) groups is 1. The highest BCUT2D eigenvalue weighted by Gasteiger charge is 2.38. The van der Waals surface area contributed by atoms with E-state index in [9.17, 15) is 9.90 Å². The molecule has 0 bridgehead atoms. The maximum absolute atomic E-state index is 12.3. The van der Waals surface area contributed by atoms with E-state index in [1.54, 1.807) is 0 Å². The minimum absolute atomic E-state index is 0.0444. The summed E-state index contributed by atoms with van der Waals surface area (Å²) in [6.07, 6.45) is 1.02. The maximum Gasteiger partial charge on any atom is 0.226 e. The Morgan fingerprint density at radius 2 is 2.25 bits per heavy atom. The minimum Gasteiger partial charge on any atom is -0.394 e. The van der Waals surface area contributed by atoms with Crippen molar-refractivity contribution < 1.29 is 9.90 Å². The first-order valence-electron chi connectivity index (χ1n) is 6.27. The molecule has 0 aliphatic carbocycles. The van der Waals surface area contributed by atoms with Crippen molar-refractivity contribution in [3.05, 3.63) is 0 Å². The highest BCUT2D eigenvalue weighted by Crippen LogP contribution is 2.27. The van der Waals surface area contributed by atoms with Crippen molar-refractivity contribution in [2.45, 2.75) is 26.3 Å². The number of nitrogens with zero attached hydrogens (tertiary/aromatic N) is 1. The number of carbonyl (C=O) groups excluding carboxylic acids is 1. The van der Waals surface area contributed by atoms with Gasteiger partial charge >= 0.3 is 0 Å². The summed E-state index contributed by atoms with van der Waals surface area (Å²) >= 11 is 0. The van der Waals surface area contributed by atoms with E-state index < -0.39 is 0 Å². The average molecular weight is 226 g/mol. The number of likely N-dealkylation sites (tertiary alicyclic amines) is 1. The highest BCUT2D eigenvalue weighted by atomic mass is 16.3. The Balaban J connectivity index is 1.97. The predicted octanol–water partition coefficient (Wildman–Crippen LogP) is 0.0712. The van der Waals surface area contributed by atoms with E-state index in [1.807, 2.05) is 11.8 Å². The molecule has 0 aromatic rings. The minimum atomic E-state index is 0.0444. The number of nitrogens with one attached hydrogen (secondary N) is 1. The predicted molar refractivity (Wildman–Crippen MR) is 61.9 cm³/mol. The smallest absolute Gasteiger partial charge is 0.226 e. The van der Waals surface area contributed by atoms with Gasteiger partial charge in [0.25, 0.3) is 0 Å². The Bertz CT molecular complexity index is 266. The van der Waals surface area contributed by atoms with Crippen LogP contribution in [0.2, 0.25) is 0 Å². The van der Waals surface area contributed by atoms with Crippen LogP contribution >= 0.6 is 0 Å². The molecule has 4 heteroatoms. The van der Waals surface area contributed by atoms with Crippen LogP contribution in [-0.4, -0.2) is 48.2 Å². The maximum atomic E-state index is 12.3. The van der Waals surface area contributed by atoms with Gasteiger partial charge in [0.15, 0.2) is 0 Å². The SMILES string of the molecule is CC1CCN(C(=O)C(C)C2CNC2)C1CO. The van der Waals surface area contributed by atoms with Crippen molar-refractivity contribution in [1.82, 2.24) is 10.2 Å². The van der Waals surface area contributed by atoms with E-state index in [0.29, 0.717) is 11.8 Å². The zero-order valence-electron chi connectivity index (χ0n) is 10.1. The molecule has 2 heterocycles. The molecule has 92 valence electrons. The third-order valence-corrected chi connectivity index (χ3v) is 4.26. The number of aliphatic hydroxyl groups is 1. The summed E-state index contributed by atoms with van der Waals surface area (Å²) in [5, 5.41) is 12.5. The van der Waals surface area contributed by atoms with Gasteiger partial charge in [0, 0.05) is 12.5 Å². The van der Waals surface area contributed by atoms with Crippen LogP contribution in [0.25, 0.3) is 0 Å². The molecule has 0 aromatic carbocycles. The van der Waals surface area contributed by atoms with E-state index in [-0.39, 0.29) is 24.5 Å².